The molecule has 1 N–H and O–H groups in total. The van der Waals surface area contributed by atoms with Gasteiger partial charge in [0.2, 0.25) is 5.91 Å². The Balaban J connectivity index is 1.37. The van der Waals surface area contributed by atoms with Gasteiger partial charge in [-0.2, -0.15) is 0 Å². The number of benzene rings is 2. The van der Waals surface area contributed by atoms with E-state index in [1.54, 1.807) is 22.8 Å². The topological polar surface area (TPSA) is 81.9 Å². The molecule has 4 aromatic rings. The molecule has 0 spiro atoms. The van der Waals surface area contributed by atoms with Crippen LogP contribution in [0.2, 0.25) is 10.0 Å². The second kappa shape index (κ2) is 9.44. The van der Waals surface area contributed by atoms with Gasteiger partial charge in [-0.15, -0.1) is 10.2 Å². The van der Waals surface area contributed by atoms with Crippen LogP contribution < -0.4 is 10.1 Å². The van der Waals surface area contributed by atoms with Gasteiger partial charge in [0.1, 0.15) is 5.75 Å². The fourth-order valence-corrected chi connectivity index (χ4v) is 4.75. The molecule has 11 heteroatoms. The summed E-state index contributed by atoms with van der Waals surface area (Å²) in [5, 5.41) is 13.4. The minimum Gasteiger partial charge on any atom is -0.481 e. The predicted octanol–water partition coefficient (Wildman–Crippen LogP) is 5.60. The number of hydrogen-bond donors (Lipinski definition) is 1. The highest BCUT2D eigenvalue weighted by molar-refractivity contribution is 7.99. The molecule has 0 aliphatic carbocycles. The van der Waals surface area contributed by atoms with Gasteiger partial charge in [-0.1, -0.05) is 58.4 Å². The first-order valence-corrected chi connectivity index (χ1v) is 11.8. The van der Waals surface area contributed by atoms with E-state index in [2.05, 4.69) is 20.5 Å². The molecule has 0 radical (unpaired) electrons. The predicted molar refractivity (Wildman–Crippen MR) is 125 cm³/mol. The summed E-state index contributed by atoms with van der Waals surface area (Å²) in [6.45, 7) is 1.84. The van der Waals surface area contributed by atoms with Crippen molar-refractivity contribution in [3.05, 3.63) is 58.3 Å². The van der Waals surface area contributed by atoms with E-state index in [0.717, 1.165) is 10.2 Å². The van der Waals surface area contributed by atoms with E-state index in [4.69, 9.17) is 27.9 Å². The lowest BCUT2D eigenvalue weighted by Crippen LogP contribution is -2.14. The quantitative estimate of drug-likeness (QED) is 0.337. The molecule has 2 aromatic carbocycles. The number of rotatable bonds is 7. The summed E-state index contributed by atoms with van der Waals surface area (Å²) in [5.74, 6) is 1.08. The monoisotopic (exact) mass is 493 g/mol. The number of halogens is 2. The van der Waals surface area contributed by atoms with Gasteiger partial charge in [0.05, 0.1) is 21.0 Å². The molecule has 31 heavy (non-hydrogen) atoms. The lowest BCUT2D eigenvalue weighted by atomic mass is 10.3. The molecule has 2 aromatic heterocycles. The van der Waals surface area contributed by atoms with Gasteiger partial charge in [0, 0.05) is 18.1 Å². The van der Waals surface area contributed by atoms with E-state index in [-0.39, 0.29) is 11.7 Å². The molecule has 1 amide bonds. The molecule has 7 nitrogen and oxygen atoms in total. The van der Waals surface area contributed by atoms with Gasteiger partial charge >= 0.3 is 0 Å². The second-order valence-electron chi connectivity index (χ2n) is 6.56. The van der Waals surface area contributed by atoms with E-state index < -0.39 is 6.10 Å². The van der Waals surface area contributed by atoms with Crippen molar-refractivity contribution in [2.75, 3.05) is 11.1 Å². The van der Waals surface area contributed by atoms with Crippen LogP contribution in [0.5, 0.6) is 5.75 Å². The molecule has 0 saturated heterocycles. The Hall–Kier alpha value is -2.33. The number of thioether (sulfide) groups is 1. The van der Waals surface area contributed by atoms with E-state index in [1.807, 2.05) is 38.2 Å². The number of nitrogens with zero attached hydrogens (tertiary/aromatic N) is 4. The first-order chi connectivity index (χ1) is 14.9. The molecule has 0 aliphatic heterocycles. The number of amides is 1. The molecular formula is C20H17Cl2N5O2S2. The SMILES string of the molecule is CC(Oc1cc(Cl)ccc1Cl)c1nnc(SCC(=O)Nc2nc3ccccc3s2)n1C. The third-order valence-corrected chi connectivity index (χ3v) is 6.82. The third-order valence-electron chi connectivity index (χ3n) is 4.30. The third kappa shape index (κ3) is 5.12. The Bertz CT molecular complexity index is 1210. The number of ether oxygens (including phenoxy) is 1. The Labute approximate surface area is 196 Å². The van der Waals surface area contributed by atoms with Gasteiger partial charge < -0.3 is 14.6 Å². The smallest absolute Gasteiger partial charge is 0.236 e. The molecule has 1 atom stereocenters. The normalized spacial score (nSPS) is 12.1. The van der Waals surface area contributed by atoms with Gasteiger partial charge in [-0.3, -0.25) is 4.79 Å². The largest absolute Gasteiger partial charge is 0.481 e. The van der Waals surface area contributed by atoms with Gasteiger partial charge in [0.15, 0.2) is 22.2 Å². The number of fused-ring (bicyclic) bond motifs is 1. The zero-order valence-corrected chi connectivity index (χ0v) is 19.6. The Morgan fingerprint density at radius 2 is 2.06 bits per heavy atom. The number of anilines is 1. The van der Waals surface area contributed by atoms with E-state index in [1.165, 1.54) is 23.1 Å². The van der Waals surface area contributed by atoms with Gasteiger partial charge in [-0.05, 0) is 31.2 Å². The fraction of sp³-hybridized carbons (Fsp3) is 0.200. The molecule has 160 valence electrons. The van der Waals surface area contributed by atoms with Crippen LogP contribution >= 0.6 is 46.3 Å². The minimum absolute atomic E-state index is 0.163. The summed E-state index contributed by atoms with van der Waals surface area (Å²) in [4.78, 5) is 16.8. The van der Waals surface area contributed by atoms with Crippen molar-refractivity contribution in [1.29, 1.82) is 0 Å². The highest BCUT2D eigenvalue weighted by atomic mass is 35.5. The number of hydrogen-bond acceptors (Lipinski definition) is 7. The summed E-state index contributed by atoms with van der Waals surface area (Å²) >= 11 is 14.9. The zero-order chi connectivity index (χ0) is 22.0. The van der Waals surface area contributed by atoms with E-state index in [9.17, 15) is 4.79 Å². The van der Waals surface area contributed by atoms with Crippen LogP contribution in [0.25, 0.3) is 10.2 Å². The number of nitrogens with one attached hydrogen (secondary N) is 1. The first kappa shape index (κ1) is 21.9. The highest BCUT2D eigenvalue weighted by Gasteiger charge is 2.19. The lowest BCUT2D eigenvalue weighted by molar-refractivity contribution is -0.113. The minimum atomic E-state index is -0.417. The first-order valence-electron chi connectivity index (χ1n) is 9.20. The van der Waals surface area contributed by atoms with Gasteiger partial charge in [0.25, 0.3) is 0 Å². The highest BCUT2D eigenvalue weighted by Crippen LogP contribution is 2.32. The number of aromatic nitrogens is 4. The summed E-state index contributed by atoms with van der Waals surface area (Å²) < 4.78 is 8.72. The average Bonchev–Trinajstić information content (AvgIpc) is 3.31. The molecule has 2 heterocycles. The lowest BCUT2D eigenvalue weighted by Gasteiger charge is -2.15. The molecule has 0 aliphatic rings. The van der Waals surface area contributed by atoms with Crippen LogP contribution in [0.15, 0.2) is 47.6 Å². The molecular weight excluding hydrogens is 477 g/mol. The van der Waals surface area contributed by atoms with Crippen LogP contribution in [0.3, 0.4) is 0 Å². The number of carbonyl (C=O) groups excluding carboxylic acids is 1. The summed E-state index contributed by atoms with van der Waals surface area (Å²) in [6.07, 6.45) is -0.417. The molecule has 1 unspecified atom stereocenters. The van der Waals surface area contributed by atoms with Crippen molar-refractivity contribution >= 4 is 67.6 Å². The molecule has 4 rings (SSSR count). The van der Waals surface area contributed by atoms with Gasteiger partial charge in [-0.25, -0.2) is 4.98 Å². The Kier molecular flexibility index (Phi) is 6.66. The second-order valence-corrected chi connectivity index (χ2v) is 9.37. The van der Waals surface area contributed by atoms with Crippen LogP contribution in [-0.2, 0) is 11.8 Å². The zero-order valence-electron chi connectivity index (χ0n) is 16.5. The van der Waals surface area contributed by atoms with Crippen molar-refractivity contribution in [2.45, 2.75) is 18.2 Å². The van der Waals surface area contributed by atoms with E-state index in [0.29, 0.717) is 31.9 Å². The summed E-state index contributed by atoms with van der Waals surface area (Å²) in [5.41, 5.74) is 0.863. The van der Waals surface area contributed by atoms with Crippen molar-refractivity contribution in [3.8, 4) is 5.75 Å². The Morgan fingerprint density at radius 3 is 2.87 bits per heavy atom. The number of para-hydroxylation sites is 1. The van der Waals surface area contributed by atoms with Crippen LogP contribution in [0, 0.1) is 0 Å². The maximum absolute atomic E-state index is 12.4. The standard InChI is InChI=1S/C20H17Cl2N5O2S2/c1-11(29-15-9-12(21)7-8-13(15)22)18-25-26-20(27(18)2)30-10-17(28)24-19-23-14-5-3-4-6-16(14)31-19/h3-9,11H,10H2,1-2H3,(H,23,24,28). The van der Waals surface area contributed by atoms with Crippen molar-refractivity contribution in [1.82, 2.24) is 19.7 Å². The van der Waals surface area contributed by atoms with Crippen LogP contribution in [0.4, 0.5) is 5.13 Å². The fourth-order valence-electron chi connectivity index (χ4n) is 2.83. The number of thiazole rings is 1. The summed E-state index contributed by atoms with van der Waals surface area (Å²) in [6, 6.07) is 12.8. The number of carbonyl (C=O) groups is 1. The molecule has 0 saturated carbocycles. The maximum atomic E-state index is 12.4. The van der Waals surface area contributed by atoms with Crippen LogP contribution in [-0.4, -0.2) is 31.4 Å². The van der Waals surface area contributed by atoms with Crippen LogP contribution in [0.1, 0.15) is 18.9 Å². The maximum Gasteiger partial charge on any atom is 0.236 e. The average molecular weight is 494 g/mol. The van der Waals surface area contributed by atoms with Crippen molar-refractivity contribution in [2.24, 2.45) is 7.05 Å². The molecule has 0 bridgehead atoms. The summed E-state index contributed by atoms with van der Waals surface area (Å²) in [7, 11) is 1.82. The molecule has 0 fully saturated rings. The van der Waals surface area contributed by atoms with Crippen molar-refractivity contribution < 1.29 is 9.53 Å². The Morgan fingerprint density at radius 1 is 1.26 bits per heavy atom. The van der Waals surface area contributed by atoms with Crippen molar-refractivity contribution in [3.63, 3.8) is 0 Å². The van der Waals surface area contributed by atoms with E-state index >= 15 is 0 Å².